The van der Waals surface area contributed by atoms with E-state index in [9.17, 15) is 4.57 Å². The third-order valence-electron chi connectivity index (χ3n) is 2.79. The zero-order chi connectivity index (χ0) is 14.2. The van der Waals surface area contributed by atoms with Crippen LogP contribution >= 0.6 is 53.5 Å². The molecule has 19 heavy (non-hydrogen) atoms. The molecule has 2 rings (SSSR count). The Kier molecular flexibility index (Phi) is 4.55. The van der Waals surface area contributed by atoms with Crippen molar-refractivity contribution in [2.45, 2.75) is 0 Å². The summed E-state index contributed by atoms with van der Waals surface area (Å²) in [4.78, 5) is 0. The molecule has 0 spiro atoms. The standard InChI is InChI=1S/C13H9Cl4OP/c1-19(18,8-2-4-10(14)12(16)6-8)9-3-5-11(15)13(17)7-9/h2-7H,1H3. The molecule has 0 amide bonds. The first-order valence-electron chi connectivity index (χ1n) is 5.31. The van der Waals surface area contributed by atoms with Gasteiger partial charge in [0.2, 0.25) is 0 Å². The van der Waals surface area contributed by atoms with Crippen LogP contribution in [0, 0.1) is 0 Å². The van der Waals surface area contributed by atoms with Gasteiger partial charge in [-0.05, 0) is 43.1 Å². The van der Waals surface area contributed by atoms with E-state index in [4.69, 9.17) is 46.4 Å². The van der Waals surface area contributed by atoms with Gasteiger partial charge in [0, 0.05) is 10.6 Å². The van der Waals surface area contributed by atoms with Gasteiger partial charge in [-0.2, -0.15) is 0 Å². The van der Waals surface area contributed by atoms with Gasteiger partial charge < -0.3 is 4.57 Å². The molecule has 0 N–H and O–H groups in total. The second-order valence-corrected chi connectivity index (χ2v) is 8.63. The fourth-order valence-corrected chi connectivity index (χ4v) is 4.17. The van der Waals surface area contributed by atoms with E-state index in [-0.39, 0.29) is 0 Å². The summed E-state index contributed by atoms with van der Waals surface area (Å²) < 4.78 is 12.9. The van der Waals surface area contributed by atoms with Gasteiger partial charge in [-0.15, -0.1) is 0 Å². The highest BCUT2D eigenvalue weighted by Gasteiger charge is 2.22. The highest BCUT2D eigenvalue weighted by molar-refractivity contribution is 7.78. The largest absolute Gasteiger partial charge is 0.314 e. The van der Waals surface area contributed by atoms with E-state index in [0.29, 0.717) is 30.7 Å². The Bertz CT molecular complexity index is 629. The molecule has 0 saturated heterocycles. The molecule has 0 heterocycles. The highest BCUT2D eigenvalue weighted by atomic mass is 35.5. The molecule has 0 bridgehead atoms. The van der Waals surface area contributed by atoms with Crippen LogP contribution in [0.15, 0.2) is 36.4 Å². The highest BCUT2D eigenvalue weighted by Crippen LogP contribution is 2.41. The van der Waals surface area contributed by atoms with Crippen molar-refractivity contribution in [3.8, 4) is 0 Å². The molecule has 0 aliphatic carbocycles. The predicted octanol–water partition coefficient (Wildman–Crippen LogP) is 5.24. The molecule has 0 aliphatic heterocycles. The number of hydrogen-bond acceptors (Lipinski definition) is 1. The average Bonchev–Trinajstić information content (AvgIpc) is 2.35. The summed E-state index contributed by atoms with van der Waals surface area (Å²) in [6, 6.07) is 9.91. The lowest BCUT2D eigenvalue weighted by molar-refractivity contribution is 0.590. The molecular weight excluding hydrogens is 345 g/mol. The lowest BCUT2D eigenvalue weighted by atomic mass is 10.3. The van der Waals surface area contributed by atoms with Gasteiger partial charge in [0.25, 0.3) is 0 Å². The third-order valence-corrected chi connectivity index (χ3v) is 6.80. The fourth-order valence-electron chi connectivity index (χ4n) is 1.65. The van der Waals surface area contributed by atoms with E-state index in [1.807, 2.05) is 0 Å². The van der Waals surface area contributed by atoms with E-state index in [1.54, 1.807) is 43.1 Å². The van der Waals surface area contributed by atoms with Crippen LogP contribution in [0.1, 0.15) is 0 Å². The van der Waals surface area contributed by atoms with Gasteiger partial charge >= 0.3 is 0 Å². The second-order valence-electron chi connectivity index (χ2n) is 4.12. The molecule has 100 valence electrons. The fraction of sp³-hybridized carbons (Fsp3) is 0.0769. The molecule has 0 fully saturated rings. The Hall–Kier alpha value is -0.170. The molecule has 1 nitrogen and oxygen atoms in total. The van der Waals surface area contributed by atoms with Crippen molar-refractivity contribution < 1.29 is 4.57 Å². The average molecular weight is 354 g/mol. The van der Waals surface area contributed by atoms with Crippen molar-refractivity contribution in [3.63, 3.8) is 0 Å². The minimum absolute atomic E-state index is 0.376. The Morgan fingerprint density at radius 1 is 0.737 bits per heavy atom. The minimum atomic E-state index is -2.78. The maximum absolute atomic E-state index is 12.9. The number of halogens is 4. The number of rotatable bonds is 2. The van der Waals surface area contributed by atoms with Crippen molar-refractivity contribution in [1.29, 1.82) is 0 Å². The molecule has 2 aromatic carbocycles. The van der Waals surface area contributed by atoms with Crippen LogP contribution in [-0.4, -0.2) is 6.66 Å². The van der Waals surface area contributed by atoms with Gasteiger partial charge in [-0.25, -0.2) is 0 Å². The Morgan fingerprint density at radius 3 is 1.42 bits per heavy atom. The summed E-state index contributed by atoms with van der Waals surface area (Å²) in [5.41, 5.74) is 0. The Balaban J connectivity index is 2.54. The normalized spacial score (nSPS) is 11.6. The molecule has 0 aliphatic rings. The van der Waals surface area contributed by atoms with E-state index in [0.717, 1.165) is 0 Å². The predicted molar refractivity (Wildman–Crippen MR) is 85.7 cm³/mol. The van der Waals surface area contributed by atoms with Crippen LogP contribution in [0.5, 0.6) is 0 Å². The van der Waals surface area contributed by atoms with E-state index in [2.05, 4.69) is 0 Å². The SMILES string of the molecule is CP(=O)(c1ccc(Cl)c(Cl)c1)c1ccc(Cl)c(Cl)c1. The molecule has 0 unspecified atom stereocenters. The smallest absolute Gasteiger partial charge is 0.140 e. The lowest BCUT2D eigenvalue weighted by Gasteiger charge is -2.15. The molecule has 0 atom stereocenters. The van der Waals surface area contributed by atoms with Crippen molar-refractivity contribution >= 4 is 64.2 Å². The summed E-state index contributed by atoms with van der Waals surface area (Å²) in [7, 11) is -2.78. The molecular formula is C13H9Cl4OP. The zero-order valence-corrected chi connectivity index (χ0v) is 13.7. The summed E-state index contributed by atoms with van der Waals surface area (Å²) >= 11 is 23.7. The maximum atomic E-state index is 12.9. The van der Waals surface area contributed by atoms with E-state index >= 15 is 0 Å². The Labute approximate surface area is 131 Å². The van der Waals surface area contributed by atoms with Gasteiger partial charge in [-0.3, -0.25) is 0 Å². The van der Waals surface area contributed by atoms with Crippen molar-refractivity contribution in [2.75, 3.05) is 6.66 Å². The van der Waals surface area contributed by atoms with Crippen LogP contribution in [0.4, 0.5) is 0 Å². The number of benzene rings is 2. The quantitative estimate of drug-likeness (QED) is 0.674. The van der Waals surface area contributed by atoms with Gasteiger partial charge in [-0.1, -0.05) is 46.4 Å². The lowest BCUT2D eigenvalue weighted by Crippen LogP contribution is -2.15. The summed E-state index contributed by atoms with van der Waals surface area (Å²) in [6.07, 6.45) is 0. The zero-order valence-electron chi connectivity index (χ0n) is 9.83. The summed E-state index contributed by atoms with van der Waals surface area (Å²) in [5, 5.41) is 2.86. The molecule has 0 saturated carbocycles. The van der Waals surface area contributed by atoms with Crippen molar-refractivity contribution in [3.05, 3.63) is 56.5 Å². The molecule has 6 heteroatoms. The van der Waals surface area contributed by atoms with Crippen LogP contribution in [0.25, 0.3) is 0 Å². The van der Waals surface area contributed by atoms with Crippen LogP contribution in [0.2, 0.25) is 20.1 Å². The van der Waals surface area contributed by atoms with Crippen LogP contribution in [0.3, 0.4) is 0 Å². The Morgan fingerprint density at radius 2 is 1.11 bits per heavy atom. The summed E-state index contributed by atoms with van der Waals surface area (Å²) in [6.45, 7) is 1.66. The van der Waals surface area contributed by atoms with Crippen LogP contribution in [-0.2, 0) is 4.57 Å². The minimum Gasteiger partial charge on any atom is -0.314 e. The molecule has 0 aromatic heterocycles. The van der Waals surface area contributed by atoms with Gasteiger partial charge in [0.05, 0.1) is 20.1 Å². The van der Waals surface area contributed by atoms with Crippen molar-refractivity contribution in [1.82, 2.24) is 0 Å². The molecule has 2 aromatic rings. The third kappa shape index (κ3) is 3.12. The van der Waals surface area contributed by atoms with Gasteiger partial charge in [0.1, 0.15) is 7.14 Å². The first kappa shape index (κ1) is 15.2. The van der Waals surface area contributed by atoms with Gasteiger partial charge in [0.15, 0.2) is 0 Å². The maximum Gasteiger partial charge on any atom is 0.140 e. The molecule has 0 radical (unpaired) electrons. The number of hydrogen-bond donors (Lipinski definition) is 0. The van der Waals surface area contributed by atoms with E-state index in [1.165, 1.54) is 0 Å². The monoisotopic (exact) mass is 352 g/mol. The van der Waals surface area contributed by atoms with Crippen molar-refractivity contribution in [2.24, 2.45) is 0 Å². The van der Waals surface area contributed by atoms with Crippen LogP contribution < -0.4 is 10.6 Å². The summed E-state index contributed by atoms with van der Waals surface area (Å²) in [5.74, 6) is 0. The van der Waals surface area contributed by atoms with E-state index < -0.39 is 7.14 Å². The first-order chi connectivity index (χ1) is 8.82. The topological polar surface area (TPSA) is 17.1 Å². The first-order valence-corrected chi connectivity index (χ1v) is 8.97. The second kappa shape index (κ2) is 5.68.